The van der Waals surface area contributed by atoms with Gasteiger partial charge in [-0.2, -0.15) is 0 Å². The molecular formula is C9H19B2BrN2OSi. The molecule has 0 radical (unpaired) electrons. The molecule has 0 bridgehead atoms. The molecule has 0 aliphatic carbocycles. The lowest BCUT2D eigenvalue weighted by Crippen LogP contribution is -2.24. The molecule has 3 nitrogen and oxygen atoms in total. The third-order valence-electron chi connectivity index (χ3n) is 2.47. The smallest absolute Gasteiger partial charge is 0.186 e. The molecule has 0 aromatic carbocycles. The van der Waals surface area contributed by atoms with Crippen molar-refractivity contribution in [1.82, 2.24) is 9.55 Å². The van der Waals surface area contributed by atoms with E-state index in [-0.39, 0.29) is 0 Å². The summed E-state index contributed by atoms with van der Waals surface area (Å²) >= 11 is 3.52. The molecule has 1 aromatic rings. The van der Waals surface area contributed by atoms with Gasteiger partial charge in [-0.1, -0.05) is 19.6 Å². The van der Waals surface area contributed by atoms with Crippen molar-refractivity contribution in [1.29, 1.82) is 0 Å². The Balaban J connectivity index is 2.43. The molecule has 1 aromatic heterocycles. The molecule has 0 saturated carbocycles. The summed E-state index contributed by atoms with van der Waals surface area (Å²) in [7, 11) is 3.02. The normalized spacial score (nSPS) is 12.0. The molecule has 0 spiro atoms. The highest BCUT2D eigenvalue weighted by Crippen LogP contribution is 2.08. The first-order valence-corrected chi connectivity index (χ1v) is 10.1. The van der Waals surface area contributed by atoms with Crippen LogP contribution < -0.4 is 11.3 Å². The number of halogens is 1. The summed E-state index contributed by atoms with van der Waals surface area (Å²) in [6.45, 7) is 8.52. The topological polar surface area (TPSA) is 27.1 Å². The maximum absolute atomic E-state index is 5.70. The predicted octanol–water partition coefficient (Wildman–Crippen LogP) is -0.525. The standard InChI is InChI=1S/C9H19B2BrN2OSi/c1-16(2,3)5-4-15-6-14-8(12)7(10)13-9(14)11/h4-6,10-11H2,1-3H3. The van der Waals surface area contributed by atoms with E-state index in [4.69, 9.17) is 4.74 Å². The summed E-state index contributed by atoms with van der Waals surface area (Å²) in [5.74, 6) is 0. The Labute approximate surface area is 109 Å². The molecule has 0 unspecified atom stereocenters. The van der Waals surface area contributed by atoms with E-state index in [9.17, 15) is 0 Å². The van der Waals surface area contributed by atoms with E-state index in [1.807, 2.05) is 15.7 Å². The molecule has 7 heteroatoms. The van der Waals surface area contributed by atoms with E-state index >= 15 is 0 Å². The lowest BCUT2D eigenvalue weighted by molar-refractivity contribution is 0.0879. The summed E-state index contributed by atoms with van der Waals surface area (Å²) in [4.78, 5) is 4.38. The molecule has 0 amide bonds. The van der Waals surface area contributed by atoms with E-state index in [0.717, 1.165) is 22.5 Å². The Morgan fingerprint density at radius 3 is 2.44 bits per heavy atom. The first-order chi connectivity index (χ1) is 7.31. The zero-order valence-corrected chi connectivity index (χ0v) is 13.4. The van der Waals surface area contributed by atoms with Crippen LogP contribution in [0.5, 0.6) is 0 Å². The maximum Gasteiger partial charge on any atom is 0.186 e. The minimum absolute atomic E-state index is 0.595. The fourth-order valence-corrected chi connectivity index (χ4v) is 2.58. The van der Waals surface area contributed by atoms with Crippen LogP contribution >= 0.6 is 15.9 Å². The van der Waals surface area contributed by atoms with Gasteiger partial charge in [0.15, 0.2) is 15.7 Å². The zero-order chi connectivity index (χ0) is 12.3. The van der Waals surface area contributed by atoms with Crippen LogP contribution in [0.3, 0.4) is 0 Å². The van der Waals surface area contributed by atoms with Gasteiger partial charge in [0.05, 0.1) is 10.3 Å². The summed E-state index contributed by atoms with van der Waals surface area (Å²) in [5.41, 5.74) is 2.02. The zero-order valence-electron chi connectivity index (χ0n) is 10.8. The number of aromatic nitrogens is 2. The second-order valence-electron chi connectivity index (χ2n) is 5.31. The van der Waals surface area contributed by atoms with Crippen molar-refractivity contribution >= 4 is 51.0 Å². The average molecular weight is 301 g/mol. The van der Waals surface area contributed by atoms with Gasteiger partial charge in [0.1, 0.15) is 6.73 Å². The van der Waals surface area contributed by atoms with Crippen LogP contribution in [0.1, 0.15) is 0 Å². The molecule has 0 N–H and O–H groups in total. The number of ether oxygens (including phenoxy) is 1. The van der Waals surface area contributed by atoms with Crippen LogP contribution in [0.25, 0.3) is 0 Å². The molecule has 88 valence electrons. The van der Waals surface area contributed by atoms with Crippen molar-refractivity contribution in [3.8, 4) is 0 Å². The quantitative estimate of drug-likeness (QED) is 0.540. The molecular weight excluding hydrogens is 282 g/mol. The van der Waals surface area contributed by atoms with Gasteiger partial charge in [-0.15, -0.1) is 0 Å². The van der Waals surface area contributed by atoms with Crippen LogP contribution in [0, 0.1) is 0 Å². The molecule has 0 fully saturated rings. The van der Waals surface area contributed by atoms with Gasteiger partial charge in [-0.05, 0) is 22.0 Å². The fraction of sp³-hybridized carbons (Fsp3) is 0.667. The van der Waals surface area contributed by atoms with Crippen LogP contribution in [0.2, 0.25) is 25.7 Å². The predicted molar refractivity (Wildman–Crippen MR) is 80.4 cm³/mol. The Morgan fingerprint density at radius 1 is 1.38 bits per heavy atom. The lowest BCUT2D eigenvalue weighted by Gasteiger charge is -2.16. The van der Waals surface area contributed by atoms with Crippen molar-refractivity contribution in [2.75, 3.05) is 6.61 Å². The van der Waals surface area contributed by atoms with E-state index in [2.05, 4.69) is 45.1 Å². The van der Waals surface area contributed by atoms with E-state index < -0.39 is 8.07 Å². The van der Waals surface area contributed by atoms with Crippen LogP contribution in [0.4, 0.5) is 0 Å². The second kappa shape index (κ2) is 5.56. The van der Waals surface area contributed by atoms with Crippen LogP contribution in [-0.2, 0) is 11.5 Å². The highest BCUT2D eigenvalue weighted by atomic mass is 79.9. The van der Waals surface area contributed by atoms with Crippen molar-refractivity contribution in [3.63, 3.8) is 0 Å². The van der Waals surface area contributed by atoms with Gasteiger partial charge < -0.3 is 9.30 Å². The van der Waals surface area contributed by atoms with Gasteiger partial charge in [0, 0.05) is 20.3 Å². The Hall–Kier alpha value is -0.00325. The molecule has 0 aliphatic rings. The van der Waals surface area contributed by atoms with Crippen molar-refractivity contribution in [2.24, 2.45) is 0 Å². The van der Waals surface area contributed by atoms with Crippen molar-refractivity contribution in [2.45, 2.75) is 32.4 Å². The van der Waals surface area contributed by atoms with Gasteiger partial charge in [0.2, 0.25) is 0 Å². The minimum atomic E-state index is -0.979. The molecule has 16 heavy (non-hydrogen) atoms. The second-order valence-corrected chi connectivity index (χ2v) is 11.7. The largest absolute Gasteiger partial charge is 0.361 e. The van der Waals surface area contributed by atoms with Gasteiger partial charge in [-0.25, -0.2) is 0 Å². The third kappa shape index (κ3) is 4.11. The Kier molecular flexibility index (Phi) is 4.88. The van der Waals surface area contributed by atoms with Gasteiger partial charge >= 0.3 is 0 Å². The highest BCUT2D eigenvalue weighted by molar-refractivity contribution is 9.10. The number of rotatable bonds is 5. The van der Waals surface area contributed by atoms with Gasteiger partial charge in [0.25, 0.3) is 0 Å². The van der Waals surface area contributed by atoms with Gasteiger partial charge in [-0.3, -0.25) is 4.98 Å². The summed E-state index contributed by atoms with van der Waals surface area (Å²) in [6.07, 6.45) is 0. The average Bonchev–Trinajstić information content (AvgIpc) is 2.36. The SMILES string of the molecule is Bc1nc(B)n(COCC[Si](C)(C)C)c1Br. The fourth-order valence-electron chi connectivity index (χ4n) is 1.37. The maximum atomic E-state index is 5.70. The molecule has 1 heterocycles. The van der Waals surface area contributed by atoms with Crippen LogP contribution in [0.15, 0.2) is 4.60 Å². The van der Waals surface area contributed by atoms with E-state index in [1.54, 1.807) is 0 Å². The Bertz CT molecular complexity index is 365. The molecule has 1 rings (SSSR count). The first-order valence-electron chi connectivity index (χ1n) is 5.58. The van der Waals surface area contributed by atoms with E-state index in [0.29, 0.717) is 6.73 Å². The third-order valence-corrected chi connectivity index (χ3v) is 5.18. The number of hydrogen-bond acceptors (Lipinski definition) is 2. The number of nitrogens with zero attached hydrogens (tertiary/aromatic N) is 2. The Morgan fingerprint density at radius 2 is 2.00 bits per heavy atom. The summed E-state index contributed by atoms with van der Waals surface area (Å²) in [5, 5.41) is 0. The van der Waals surface area contributed by atoms with Crippen molar-refractivity contribution in [3.05, 3.63) is 4.60 Å². The summed E-state index contributed by atoms with van der Waals surface area (Å²) in [6, 6.07) is 1.21. The first kappa shape index (κ1) is 14.1. The number of imidazole rings is 1. The highest BCUT2D eigenvalue weighted by Gasteiger charge is 2.13. The lowest BCUT2D eigenvalue weighted by atomic mass is 10.1. The summed E-state index contributed by atoms with van der Waals surface area (Å²) < 4.78 is 8.78. The van der Waals surface area contributed by atoms with E-state index in [1.165, 1.54) is 6.04 Å². The molecule has 0 saturated heterocycles. The minimum Gasteiger partial charge on any atom is -0.361 e. The molecule has 0 aliphatic heterocycles. The van der Waals surface area contributed by atoms with Crippen molar-refractivity contribution < 1.29 is 4.74 Å². The monoisotopic (exact) mass is 300 g/mol. The molecule has 0 atom stereocenters. The van der Waals surface area contributed by atoms with Crippen LogP contribution in [-0.4, -0.2) is 39.9 Å². The number of hydrogen-bond donors (Lipinski definition) is 0.